The van der Waals surface area contributed by atoms with Crippen molar-refractivity contribution in [2.75, 3.05) is 4.90 Å². The molecule has 2 nitrogen and oxygen atoms in total. The summed E-state index contributed by atoms with van der Waals surface area (Å²) in [5, 5.41) is 2.36. The van der Waals surface area contributed by atoms with Gasteiger partial charge in [0.2, 0.25) is 0 Å². The number of rotatable bonds is 5. The molecule has 0 atom stereocenters. The van der Waals surface area contributed by atoms with Gasteiger partial charge in [-0.25, -0.2) is 0 Å². The quantitative estimate of drug-likeness (QED) is 0.183. The first-order chi connectivity index (χ1) is 25.1. The van der Waals surface area contributed by atoms with Gasteiger partial charge in [-0.05, 0) is 97.9 Å². The van der Waals surface area contributed by atoms with Gasteiger partial charge in [-0.3, -0.25) is 0 Å². The third-order valence-electron chi connectivity index (χ3n) is 10.8. The summed E-state index contributed by atoms with van der Waals surface area (Å²) in [5.74, 6) is 1.76. The Kier molecular flexibility index (Phi) is 6.56. The summed E-state index contributed by atoms with van der Waals surface area (Å²) >= 11 is 0. The lowest BCUT2D eigenvalue weighted by molar-refractivity contribution is 0.487. The first kappa shape index (κ1) is 29.5. The summed E-state index contributed by atoms with van der Waals surface area (Å²) in [6, 6.07) is 63.4. The summed E-state index contributed by atoms with van der Waals surface area (Å²) in [6.45, 7) is 4.73. The molecule has 0 amide bonds. The molecule has 0 radical (unpaired) electrons. The fourth-order valence-electron chi connectivity index (χ4n) is 8.50. The fourth-order valence-corrected chi connectivity index (χ4v) is 8.50. The molecule has 0 spiro atoms. The van der Waals surface area contributed by atoms with Crippen molar-refractivity contribution >= 4 is 27.8 Å². The Morgan fingerprint density at radius 3 is 1.90 bits per heavy atom. The molecule has 0 saturated heterocycles. The van der Waals surface area contributed by atoms with Crippen molar-refractivity contribution in [2.45, 2.75) is 19.3 Å². The van der Waals surface area contributed by atoms with Gasteiger partial charge in [-0.15, -0.1) is 0 Å². The lowest BCUT2D eigenvalue weighted by Gasteiger charge is -2.33. The van der Waals surface area contributed by atoms with Crippen LogP contribution in [0.2, 0.25) is 0 Å². The topological polar surface area (TPSA) is 12.5 Å². The zero-order valence-electron chi connectivity index (χ0n) is 28.6. The molecule has 2 heteroatoms. The highest BCUT2D eigenvalue weighted by molar-refractivity contribution is 6.10. The van der Waals surface area contributed by atoms with Crippen LogP contribution in [0.15, 0.2) is 176 Å². The van der Waals surface area contributed by atoms with Crippen LogP contribution in [0.1, 0.15) is 25.0 Å². The zero-order chi connectivity index (χ0) is 34.1. The molecule has 8 aromatic carbocycles. The predicted octanol–water partition coefficient (Wildman–Crippen LogP) is 13.7. The highest BCUT2D eigenvalue weighted by Crippen LogP contribution is 2.56. The Morgan fingerprint density at radius 1 is 0.431 bits per heavy atom. The zero-order valence-corrected chi connectivity index (χ0v) is 28.6. The molecule has 0 aromatic heterocycles. The van der Waals surface area contributed by atoms with E-state index in [0.717, 1.165) is 33.8 Å². The molecule has 0 saturated carbocycles. The molecule has 242 valence electrons. The highest BCUT2D eigenvalue weighted by Gasteiger charge is 2.39. The Labute approximate surface area is 298 Å². The number of anilines is 3. The Morgan fingerprint density at radius 2 is 1.12 bits per heavy atom. The van der Waals surface area contributed by atoms with Crippen molar-refractivity contribution in [3.63, 3.8) is 0 Å². The van der Waals surface area contributed by atoms with Gasteiger partial charge >= 0.3 is 0 Å². The van der Waals surface area contributed by atoms with E-state index >= 15 is 0 Å². The molecule has 1 heterocycles. The lowest BCUT2D eigenvalue weighted by Crippen LogP contribution is -2.20. The average molecular weight is 654 g/mol. The predicted molar refractivity (Wildman–Crippen MR) is 213 cm³/mol. The molecule has 1 aliphatic heterocycles. The normalized spacial score (nSPS) is 13.2. The maximum Gasteiger partial charge on any atom is 0.137 e. The van der Waals surface area contributed by atoms with E-state index in [-0.39, 0.29) is 5.41 Å². The summed E-state index contributed by atoms with van der Waals surface area (Å²) in [6.07, 6.45) is 0. The van der Waals surface area contributed by atoms with Crippen LogP contribution in [0, 0.1) is 0 Å². The van der Waals surface area contributed by atoms with Crippen LogP contribution in [0.25, 0.3) is 55.3 Å². The van der Waals surface area contributed by atoms with Crippen molar-refractivity contribution < 1.29 is 4.74 Å². The number of para-hydroxylation sites is 1. The van der Waals surface area contributed by atoms with Crippen LogP contribution in [-0.4, -0.2) is 0 Å². The van der Waals surface area contributed by atoms with E-state index < -0.39 is 0 Å². The van der Waals surface area contributed by atoms with Gasteiger partial charge in [0.15, 0.2) is 0 Å². The number of nitrogens with zero attached hydrogens (tertiary/aromatic N) is 1. The monoisotopic (exact) mass is 653 g/mol. The van der Waals surface area contributed by atoms with E-state index in [4.69, 9.17) is 4.74 Å². The van der Waals surface area contributed by atoms with E-state index in [1.807, 2.05) is 0 Å². The second-order valence-electron chi connectivity index (χ2n) is 14.1. The molecule has 51 heavy (non-hydrogen) atoms. The van der Waals surface area contributed by atoms with Crippen LogP contribution in [0.3, 0.4) is 0 Å². The van der Waals surface area contributed by atoms with E-state index in [0.29, 0.717) is 0 Å². The third kappa shape index (κ3) is 4.57. The second kappa shape index (κ2) is 11.3. The van der Waals surface area contributed by atoms with Gasteiger partial charge in [0, 0.05) is 33.8 Å². The van der Waals surface area contributed by atoms with E-state index in [1.54, 1.807) is 0 Å². The van der Waals surface area contributed by atoms with E-state index in [1.165, 1.54) is 61.1 Å². The SMILES string of the molecule is CC1(C)c2ccc(-c3ccccc3)cc2-c2cccc(N(c3ccccc3)c3ccc4c(c3)Oc3ccc(-c5ccccc5)c5cccc-4c35)c21. The van der Waals surface area contributed by atoms with E-state index in [2.05, 4.69) is 195 Å². The number of ether oxygens (including phenoxy) is 1. The van der Waals surface area contributed by atoms with Crippen molar-refractivity contribution in [3.8, 4) is 56.0 Å². The summed E-state index contributed by atoms with van der Waals surface area (Å²) in [5.41, 5.74) is 15.6. The van der Waals surface area contributed by atoms with Crippen molar-refractivity contribution in [1.29, 1.82) is 0 Å². The summed E-state index contributed by atoms with van der Waals surface area (Å²) in [7, 11) is 0. The molecule has 1 aliphatic carbocycles. The van der Waals surface area contributed by atoms with Crippen LogP contribution >= 0.6 is 0 Å². The van der Waals surface area contributed by atoms with Gasteiger partial charge in [-0.1, -0.05) is 141 Å². The maximum atomic E-state index is 6.82. The Hall–Kier alpha value is -6.38. The molecule has 8 aromatic rings. The van der Waals surface area contributed by atoms with Gasteiger partial charge < -0.3 is 9.64 Å². The molecule has 0 fully saturated rings. The molecule has 0 bridgehead atoms. The minimum absolute atomic E-state index is 0.209. The number of hydrogen-bond donors (Lipinski definition) is 0. The van der Waals surface area contributed by atoms with Crippen molar-refractivity contribution in [1.82, 2.24) is 0 Å². The molecule has 0 unspecified atom stereocenters. The summed E-state index contributed by atoms with van der Waals surface area (Å²) < 4.78 is 6.82. The Bertz CT molecular complexity index is 2620. The Balaban J connectivity index is 1.13. The smallest absolute Gasteiger partial charge is 0.137 e. The minimum Gasteiger partial charge on any atom is -0.456 e. The molecule has 0 N–H and O–H groups in total. The van der Waals surface area contributed by atoms with Gasteiger partial charge in [-0.2, -0.15) is 0 Å². The first-order valence-corrected chi connectivity index (χ1v) is 17.7. The maximum absolute atomic E-state index is 6.82. The van der Waals surface area contributed by atoms with E-state index in [9.17, 15) is 0 Å². The largest absolute Gasteiger partial charge is 0.456 e. The first-order valence-electron chi connectivity index (χ1n) is 17.7. The molecular weight excluding hydrogens is 619 g/mol. The fraction of sp³-hybridized carbons (Fsp3) is 0.0612. The molecule has 10 rings (SSSR count). The lowest BCUT2D eigenvalue weighted by atomic mass is 9.81. The second-order valence-corrected chi connectivity index (χ2v) is 14.1. The third-order valence-corrected chi connectivity index (χ3v) is 10.8. The van der Waals surface area contributed by atoms with Crippen molar-refractivity contribution in [3.05, 3.63) is 187 Å². The van der Waals surface area contributed by atoms with Gasteiger partial charge in [0.25, 0.3) is 0 Å². The van der Waals surface area contributed by atoms with Gasteiger partial charge in [0.1, 0.15) is 11.5 Å². The van der Waals surface area contributed by atoms with Crippen LogP contribution < -0.4 is 9.64 Å². The van der Waals surface area contributed by atoms with Gasteiger partial charge in [0.05, 0.1) is 5.69 Å². The standard InChI is InChI=1S/C49H35NO/c1-49(2)43-28-24-34(32-14-6-3-7-15-32)30-42(43)41-22-13-23-44(48(41)49)50(35-18-10-5-11-19-35)36-25-26-38-40-21-12-20-39-37(33-16-8-4-9-17-33)27-29-45(47(39)40)51-46(38)31-36/h3-31H,1-2H3. The molecular formula is C49H35NO. The highest BCUT2D eigenvalue weighted by atomic mass is 16.5. The van der Waals surface area contributed by atoms with Crippen LogP contribution in [-0.2, 0) is 5.41 Å². The minimum atomic E-state index is -0.209. The van der Waals surface area contributed by atoms with Crippen LogP contribution in [0.5, 0.6) is 11.5 Å². The number of fused-ring (bicyclic) bond motifs is 5. The number of hydrogen-bond acceptors (Lipinski definition) is 2. The van der Waals surface area contributed by atoms with Crippen LogP contribution in [0.4, 0.5) is 17.1 Å². The average Bonchev–Trinajstić information content (AvgIpc) is 3.42. The number of benzene rings is 8. The van der Waals surface area contributed by atoms with Crippen molar-refractivity contribution in [2.24, 2.45) is 0 Å². The summed E-state index contributed by atoms with van der Waals surface area (Å²) in [4.78, 5) is 2.41. The molecule has 2 aliphatic rings.